The van der Waals surface area contributed by atoms with Gasteiger partial charge in [-0.2, -0.15) is 0 Å². The van der Waals surface area contributed by atoms with Crippen molar-refractivity contribution in [2.45, 2.75) is 13.1 Å². The maximum atomic E-state index is 12.0. The number of hydrogen-bond acceptors (Lipinski definition) is 5. The zero-order chi connectivity index (χ0) is 18.4. The van der Waals surface area contributed by atoms with E-state index in [-0.39, 0.29) is 13.1 Å². The second kappa shape index (κ2) is 7.95. The molecule has 9 heteroatoms. The molecule has 1 aromatic carbocycles. The number of aromatic nitrogens is 2. The monoisotopic (exact) mass is 347 g/mol. The number of carboxylic acid groups (broad SMARTS) is 1. The number of ether oxygens (including phenoxy) is 1. The van der Waals surface area contributed by atoms with Crippen molar-refractivity contribution >= 4 is 11.9 Å². The number of carbonyl (C=O) groups excluding carboxylic acids is 1. The minimum Gasteiger partial charge on any atom is -0.482 e. The van der Waals surface area contributed by atoms with Crippen molar-refractivity contribution in [2.75, 3.05) is 6.61 Å². The Kier molecular flexibility index (Phi) is 5.72. The number of benzene rings is 1. The standard InChI is InChI=1S/C16H17N3O6/c1-18-14(21)5-6-19(16(18)24)9-13(20)17-8-11-3-2-4-12(7-11)25-10-15(22)23/h2-7H,8-10H2,1H3,(H,17,20)(H,22,23). The molecule has 0 saturated heterocycles. The molecule has 1 aromatic heterocycles. The summed E-state index contributed by atoms with van der Waals surface area (Å²) in [5, 5.41) is 11.2. The van der Waals surface area contributed by atoms with Gasteiger partial charge in [0.25, 0.3) is 5.56 Å². The molecule has 0 unspecified atom stereocenters. The lowest BCUT2D eigenvalue weighted by molar-refractivity contribution is -0.139. The minimum atomic E-state index is -1.08. The van der Waals surface area contributed by atoms with E-state index in [0.717, 1.165) is 9.13 Å². The van der Waals surface area contributed by atoms with Gasteiger partial charge >= 0.3 is 11.7 Å². The molecule has 1 heterocycles. The number of hydrogen-bond donors (Lipinski definition) is 2. The molecule has 2 aromatic rings. The van der Waals surface area contributed by atoms with Crippen LogP contribution in [0.3, 0.4) is 0 Å². The molecular weight excluding hydrogens is 330 g/mol. The van der Waals surface area contributed by atoms with Crippen LogP contribution in [0.2, 0.25) is 0 Å². The Morgan fingerprint density at radius 2 is 2.00 bits per heavy atom. The van der Waals surface area contributed by atoms with Crippen molar-refractivity contribution < 1.29 is 19.4 Å². The highest BCUT2D eigenvalue weighted by molar-refractivity contribution is 5.75. The average Bonchev–Trinajstić information content (AvgIpc) is 2.59. The number of aliphatic carboxylic acids is 1. The van der Waals surface area contributed by atoms with Gasteiger partial charge in [-0.3, -0.25) is 18.7 Å². The predicted molar refractivity (Wildman–Crippen MR) is 87.4 cm³/mol. The van der Waals surface area contributed by atoms with Gasteiger partial charge in [0.2, 0.25) is 5.91 Å². The summed E-state index contributed by atoms with van der Waals surface area (Å²) in [6.07, 6.45) is 1.27. The first-order valence-electron chi connectivity index (χ1n) is 7.33. The van der Waals surface area contributed by atoms with E-state index in [4.69, 9.17) is 9.84 Å². The van der Waals surface area contributed by atoms with Gasteiger partial charge in [0.05, 0.1) is 0 Å². The van der Waals surface area contributed by atoms with Crippen LogP contribution in [-0.4, -0.2) is 32.7 Å². The fraction of sp³-hybridized carbons (Fsp3) is 0.250. The zero-order valence-electron chi connectivity index (χ0n) is 13.5. The predicted octanol–water partition coefficient (Wildman–Crippen LogP) is -0.673. The zero-order valence-corrected chi connectivity index (χ0v) is 13.5. The second-order valence-electron chi connectivity index (χ2n) is 5.23. The first kappa shape index (κ1) is 18.0. The second-order valence-corrected chi connectivity index (χ2v) is 5.23. The molecule has 9 nitrogen and oxygen atoms in total. The Bertz CT molecular complexity index is 899. The third-order valence-electron chi connectivity index (χ3n) is 3.32. The van der Waals surface area contributed by atoms with E-state index in [2.05, 4.69) is 5.32 Å². The summed E-state index contributed by atoms with van der Waals surface area (Å²) in [5.74, 6) is -1.11. The lowest BCUT2D eigenvalue weighted by atomic mass is 10.2. The Morgan fingerprint density at radius 3 is 2.72 bits per heavy atom. The van der Waals surface area contributed by atoms with Gasteiger partial charge in [-0.15, -0.1) is 0 Å². The number of nitrogens with one attached hydrogen (secondary N) is 1. The van der Waals surface area contributed by atoms with E-state index in [1.54, 1.807) is 24.3 Å². The molecule has 0 aliphatic heterocycles. The first-order valence-corrected chi connectivity index (χ1v) is 7.33. The normalized spacial score (nSPS) is 10.3. The Labute approximate surface area is 142 Å². The van der Waals surface area contributed by atoms with Crippen LogP contribution in [0.5, 0.6) is 5.75 Å². The summed E-state index contributed by atoms with van der Waals surface area (Å²) in [4.78, 5) is 45.6. The molecule has 132 valence electrons. The van der Waals surface area contributed by atoms with Crippen LogP contribution < -0.4 is 21.3 Å². The number of carboxylic acids is 1. The van der Waals surface area contributed by atoms with Crippen LogP contribution in [0.25, 0.3) is 0 Å². The molecule has 0 spiro atoms. The summed E-state index contributed by atoms with van der Waals surface area (Å²) in [6, 6.07) is 7.85. The number of amides is 1. The van der Waals surface area contributed by atoms with E-state index in [9.17, 15) is 19.2 Å². The van der Waals surface area contributed by atoms with Gasteiger partial charge in [0.15, 0.2) is 6.61 Å². The fourth-order valence-corrected chi connectivity index (χ4v) is 2.04. The smallest absolute Gasteiger partial charge is 0.341 e. The highest BCUT2D eigenvalue weighted by atomic mass is 16.5. The van der Waals surface area contributed by atoms with Crippen LogP contribution in [-0.2, 0) is 29.7 Å². The fourth-order valence-electron chi connectivity index (χ4n) is 2.04. The van der Waals surface area contributed by atoms with Crippen molar-refractivity contribution in [3.8, 4) is 5.75 Å². The highest BCUT2D eigenvalue weighted by Gasteiger charge is 2.07. The Morgan fingerprint density at radius 1 is 1.24 bits per heavy atom. The number of rotatable bonds is 7. The topological polar surface area (TPSA) is 120 Å². The van der Waals surface area contributed by atoms with Crippen LogP contribution in [0, 0.1) is 0 Å². The van der Waals surface area contributed by atoms with Gasteiger partial charge in [-0.05, 0) is 17.7 Å². The molecule has 25 heavy (non-hydrogen) atoms. The molecule has 0 radical (unpaired) electrons. The lowest BCUT2D eigenvalue weighted by Crippen LogP contribution is -2.40. The summed E-state index contributed by atoms with van der Waals surface area (Å²) >= 11 is 0. The van der Waals surface area contributed by atoms with Gasteiger partial charge in [-0.25, -0.2) is 9.59 Å². The molecule has 0 saturated carbocycles. The first-order chi connectivity index (χ1) is 11.9. The molecule has 1 amide bonds. The number of nitrogens with zero attached hydrogens (tertiary/aromatic N) is 2. The van der Waals surface area contributed by atoms with Crippen molar-refractivity contribution in [1.82, 2.24) is 14.5 Å². The third-order valence-corrected chi connectivity index (χ3v) is 3.32. The summed E-state index contributed by atoms with van der Waals surface area (Å²) < 4.78 is 7.10. The maximum Gasteiger partial charge on any atom is 0.341 e. The third kappa shape index (κ3) is 5.06. The van der Waals surface area contributed by atoms with Gasteiger partial charge in [-0.1, -0.05) is 12.1 Å². The number of carbonyl (C=O) groups is 2. The summed E-state index contributed by atoms with van der Waals surface area (Å²) in [5.41, 5.74) is -0.310. The summed E-state index contributed by atoms with van der Waals surface area (Å²) in [6.45, 7) is -0.489. The molecular formula is C16H17N3O6. The van der Waals surface area contributed by atoms with E-state index in [1.807, 2.05) is 0 Å². The van der Waals surface area contributed by atoms with Crippen molar-refractivity contribution in [3.05, 3.63) is 62.9 Å². The molecule has 0 atom stereocenters. The maximum absolute atomic E-state index is 12.0. The molecule has 0 fully saturated rings. The van der Waals surface area contributed by atoms with E-state index >= 15 is 0 Å². The van der Waals surface area contributed by atoms with Crippen molar-refractivity contribution in [2.24, 2.45) is 7.05 Å². The average molecular weight is 347 g/mol. The van der Waals surface area contributed by atoms with E-state index in [0.29, 0.717) is 11.3 Å². The molecule has 0 aliphatic rings. The Hall–Kier alpha value is -3.36. The van der Waals surface area contributed by atoms with Crippen LogP contribution in [0.1, 0.15) is 5.56 Å². The van der Waals surface area contributed by atoms with Crippen LogP contribution in [0.15, 0.2) is 46.1 Å². The minimum absolute atomic E-state index is 0.184. The van der Waals surface area contributed by atoms with E-state index in [1.165, 1.54) is 19.3 Å². The Balaban J connectivity index is 1.95. The SMILES string of the molecule is Cn1c(=O)ccn(CC(=O)NCc2cccc(OCC(=O)O)c2)c1=O. The summed E-state index contributed by atoms with van der Waals surface area (Å²) in [7, 11) is 1.34. The molecule has 2 N–H and O–H groups in total. The van der Waals surface area contributed by atoms with Crippen LogP contribution in [0.4, 0.5) is 0 Å². The molecule has 0 aliphatic carbocycles. The van der Waals surface area contributed by atoms with Gasteiger partial charge < -0.3 is 15.2 Å². The van der Waals surface area contributed by atoms with Gasteiger partial charge in [0, 0.05) is 25.9 Å². The molecule has 2 rings (SSSR count). The highest BCUT2D eigenvalue weighted by Crippen LogP contribution is 2.13. The van der Waals surface area contributed by atoms with Crippen molar-refractivity contribution in [1.29, 1.82) is 0 Å². The van der Waals surface area contributed by atoms with Gasteiger partial charge in [0.1, 0.15) is 12.3 Å². The lowest BCUT2D eigenvalue weighted by Gasteiger charge is -2.09. The van der Waals surface area contributed by atoms with Crippen LogP contribution >= 0.6 is 0 Å². The molecule has 0 bridgehead atoms. The largest absolute Gasteiger partial charge is 0.482 e. The van der Waals surface area contributed by atoms with Crippen molar-refractivity contribution in [3.63, 3.8) is 0 Å². The van der Waals surface area contributed by atoms with E-state index < -0.39 is 29.7 Å². The quantitative estimate of drug-likeness (QED) is 0.685.